The molecule has 0 bridgehead atoms. The van der Waals surface area contributed by atoms with E-state index in [2.05, 4.69) is 11.4 Å². The molecule has 1 aromatic heterocycles. The zero-order chi connectivity index (χ0) is 24.4. The maximum Gasteiger partial charge on any atom is 0.339 e. The lowest BCUT2D eigenvalue weighted by atomic mass is 9.99. The van der Waals surface area contributed by atoms with Gasteiger partial charge in [-0.25, -0.2) is 9.78 Å². The summed E-state index contributed by atoms with van der Waals surface area (Å²) in [7, 11) is 0. The molecule has 0 unspecified atom stereocenters. The topological polar surface area (TPSA) is 86.8 Å². The lowest BCUT2D eigenvalue weighted by Crippen LogP contribution is -2.21. The number of nitrogens with zero attached hydrogens (tertiary/aromatic N) is 1. The molecule has 0 radical (unpaired) electrons. The number of carbonyl (C=O) groups is 2. The number of rotatable bonds is 5. The van der Waals surface area contributed by atoms with E-state index < -0.39 is 18.5 Å². The van der Waals surface area contributed by atoms with Crippen molar-refractivity contribution in [1.29, 1.82) is 0 Å². The van der Waals surface area contributed by atoms with Crippen LogP contribution in [0.1, 0.15) is 21.5 Å². The summed E-state index contributed by atoms with van der Waals surface area (Å²) in [6.07, 6.45) is 0. The van der Waals surface area contributed by atoms with Crippen LogP contribution in [0.25, 0.3) is 22.2 Å². The van der Waals surface area contributed by atoms with E-state index >= 15 is 0 Å². The van der Waals surface area contributed by atoms with E-state index in [-0.39, 0.29) is 0 Å². The van der Waals surface area contributed by atoms with E-state index in [9.17, 15) is 9.59 Å². The van der Waals surface area contributed by atoms with Crippen LogP contribution in [0.3, 0.4) is 0 Å². The van der Waals surface area contributed by atoms with Crippen LogP contribution in [0.5, 0.6) is 11.5 Å². The highest BCUT2D eigenvalue weighted by Gasteiger charge is 2.18. The van der Waals surface area contributed by atoms with Crippen LogP contribution in [0.15, 0.2) is 66.7 Å². The van der Waals surface area contributed by atoms with Gasteiger partial charge in [0, 0.05) is 22.7 Å². The number of aromatic nitrogens is 1. The Bertz CT molecular complexity index is 1450. The molecule has 1 aliphatic rings. The van der Waals surface area contributed by atoms with Crippen molar-refractivity contribution in [3.05, 3.63) is 83.4 Å². The lowest BCUT2D eigenvalue weighted by Gasteiger charge is -2.19. The Morgan fingerprint density at radius 1 is 0.943 bits per heavy atom. The number of para-hydroxylation sites is 1. The van der Waals surface area contributed by atoms with Crippen LogP contribution in [0.2, 0.25) is 0 Å². The molecule has 4 aromatic rings. The number of pyridine rings is 1. The van der Waals surface area contributed by atoms with E-state index in [1.807, 2.05) is 50.2 Å². The number of nitrogens with one attached hydrogen (secondary N) is 1. The van der Waals surface area contributed by atoms with Gasteiger partial charge >= 0.3 is 5.97 Å². The second kappa shape index (κ2) is 9.46. The van der Waals surface area contributed by atoms with Gasteiger partial charge in [0.15, 0.2) is 18.1 Å². The van der Waals surface area contributed by atoms with Crippen molar-refractivity contribution < 1.29 is 23.8 Å². The molecule has 0 fully saturated rings. The standard InChI is InChI=1S/C28H24N2O5/c1-17-7-9-20(18(2)13-17)24-15-22(21-5-3-4-6-23(21)30-24)28(32)35-16-27(31)29-19-8-10-25-26(14-19)34-12-11-33-25/h3-10,13-15H,11-12,16H2,1-2H3,(H,29,31). The number of benzene rings is 3. The predicted octanol–water partition coefficient (Wildman–Crippen LogP) is 5.09. The molecule has 5 rings (SSSR count). The summed E-state index contributed by atoms with van der Waals surface area (Å²) in [5, 5.41) is 3.39. The SMILES string of the molecule is Cc1ccc(-c2cc(C(=O)OCC(=O)Nc3ccc4c(c3)OCCO4)c3ccccc3n2)c(C)c1. The van der Waals surface area contributed by atoms with Gasteiger partial charge in [-0.1, -0.05) is 42.0 Å². The van der Waals surface area contributed by atoms with E-state index in [0.29, 0.717) is 52.6 Å². The quantitative estimate of drug-likeness (QED) is 0.411. The highest BCUT2D eigenvalue weighted by Crippen LogP contribution is 2.32. The minimum Gasteiger partial charge on any atom is -0.486 e. The molecule has 0 aliphatic carbocycles. The van der Waals surface area contributed by atoms with Crippen molar-refractivity contribution in [1.82, 2.24) is 4.98 Å². The molecular weight excluding hydrogens is 444 g/mol. The Morgan fingerprint density at radius 3 is 2.57 bits per heavy atom. The normalized spacial score (nSPS) is 12.3. The number of amides is 1. The smallest absolute Gasteiger partial charge is 0.339 e. The molecular formula is C28H24N2O5. The summed E-state index contributed by atoms with van der Waals surface area (Å²) in [5.74, 6) is 0.146. The number of hydrogen-bond acceptors (Lipinski definition) is 6. The molecule has 176 valence electrons. The van der Waals surface area contributed by atoms with Crippen LogP contribution in [0.4, 0.5) is 5.69 Å². The molecule has 0 saturated heterocycles. The van der Waals surface area contributed by atoms with Crippen molar-refractivity contribution in [3.8, 4) is 22.8 Å². The van der Waals surface area contributed by atoms with Crippen molar-refractivity contribution in [2.75, 3.05) is 25.1 Å². The number of hydrogen-bond donors (Lipinski definition) is 1. The van der Waals surface area contributed by atoms with Crippen LogP contribution < -0.4 is 14.8 Å². The summed E-state index contributed by atoms with van der Waals surface area (Å²) < 4.78 is 16.4. The van der Waals surface area contributed by atoms with Crippen molar-refractivity contribution in [2.24, 2.45) is 0 Å². The third-order valence-electron chi connectivity index (χ3n) is 5.75. The van der Waals surface area contributed by atoms with Gasteiger partial charge in [0.25, 0.3) is 5.91 Å². The largest absolute Gasteiger partial charge is 0.486 e. The van der Waals surface area contributed by atoms with Gasteiger partial charge in [-0.2, -0.15) is 0 Å². The van der Waals surface area contributed by atoms with Gasteiger partial charge < -0.3 is 19.5 Å². The van der Waals surface area contributed by atoms with Gasteiger partial charge in [0.2, 0.25) is 0 Å². The highest BCUT2D eigenvalue weighted by atomic mass is 16.6. The van der Waals surface area contributed by atoms with Crippen LogP contribution >= 0.6 is 0 Å². The second-order valence-electron chi connectivity index (χ2n) is 8.37. The van der Waals surface area contributed by atoms with Crippen LogP contribution in [-0.2, 0) is 9.53 Å². The Hall–Kier alpha value is -4.39. The Kier molecular flexibility index (Phi) is 6.06. The minimum atomic E-state index is -0.591. The molecule has 0 spiro atoms. The Morgan fingerprint density at radius 2 is 1.74 bits per heavy atom. The fraction of sp³-hybridized carbons (Fsp3) is 0.179. The Labute approximate surface area is 202 Å². The number of ether oxygens (including phenoxy) is 3. The Balaban J connectivity index is 1.35. The second-order valence-corrected chi connectivity index (χ2v) is 8.37. The zero-order valence-electron chi connectivity index (χ0n) is 19.5. The summed E-state index contributed by atoms with van der Waals surface area (Å²) in [6.45, 7) is 4.56. The first-order chi connectivity index (χ1) is 17.0. The van der Waals surface area contributed by atoms with Crippen LogP contribution in [-0.4, -0.2) is 36.7 Å². The molecule has 0 saturated carbocycles. The van der Waals surface area contributed by atoms with E-state index in [4.69, 9.17) is 19.2 Å². The fourth-order valence-electron chi connectivity index (χ4n) is 4.11. The molecule has 7 heteroatoms. The molecule has 3 aromatic carbocycles. The maximum atomic E-state index is 13.1. The van der Waals surface area contributed by atoms with Gasteiger partial charge in [0.1, 0.15) is 13.2 Å². The van der Waals surface area contributed by atoms with Crippen molar-refractivity contribution in [2.45, 2.75) is 13.8 Å². The molecule has 1 N–H and O–H groups in total. The molecule has 7 nitrogen and oxygen atoms in total. The van der Waals surface area contributed by atoms with Gasteiger partial charge in [0.05, 0.1) is 16.8 Å². The number of aryl methyl sites for hydroxylation is 2. The summed E-state index contributed by atoms with van der Waals surface area (Å²) in [4.78, 5) is 30.3. The summed E-state index contributed by atoms with van der Waals surface area (Å²) in [5.41, 5.74) is 5.39. The first kappa shape index (κ1) is 22.4. The first-order valence-corrected chi connectivity index (χ1v) is 11.3. The molecule has 2 heterocycles. The minimum absolute atomic E-state index is 0.359. The molecule has 0 atom stereocenters. The average Bonchev–Trinajstić information content (AvgIpc) is 2.86. The number of fused-ring (bicyclic) bond motifs is 2. The summed E-state index contributed by atoms with van der Waals surface area (Å²) >= 11 is 0. The predicted molar refractivity (Wildman–Crippen MR) is 133 cm³/mol. The number of anilines is 1. The van der Waals surface area contributed by atoms with Crippen molar-refractivity contribution >= 4 is 28.5 Å². The van der Waals surface area contributed by atoms with Gasteiger partial charge in [-0.05, 0) is 43.7 Å². The van der Waals surface area contributed by atoms with Crippen LogP contribution in [0, 0.1) is 13.8 Å². The highest BCUT2D eigenvalue weighted by molar-refractivity contribution is 6.05. The maximum absolute atomic E-state index is 13.1. The first-order valence-electron chi connectivity index (χ1n) is 11.3. The lowest BCUT2D eigenvalue weighted by molar-refractivity contribution is -0.119. The van der Waals surface area contributed by atoms with E-state index in [0.717, 1.165) is 16.7 Å². The number of esters is 1. The summed E-state index contributed by atoms with van der Waals surface area (Å²) in [6, 6.07) is 20.3. The molecule has 1 amide bonds. The fourth-order valence-corrected chi connectivity index (χ4v) is 4.11. The van der Waals surface area contributed by atoms with E-state index in [1.165, 1.54) is 0 Å². The van der Waals surface area contributed by atoms with Gasteiger partial charge in [-0.15, -0.1) is 0 Å². The number of carbonyl (C=O) groups excluding carboxylic acids is 2. The van der Waals surface area contributed by atoms with E-state index in [1.54, 1.807) is 24.3 Å². The monoisotopic (exact) mass is 468 g/mol. The molecule has 1 aliphatic heterocycles. The third-order valence-corrected chi connectivity index (χ3v) is 5.75. The molecule has 35 heavy (non-hydrogen) atoms. The third kappa shape index (κ3) is 4.80. The zero-order valence-corrected chi connectivity index (χ0v) is 19.5. The average molecular weight is 469 g/mol. The van der Waals surface area contributed by atoms with Gasteiger partial charge in [-0.3, -0.25) is 4.79 Å². The van der Waals surface area contributed by atoms with Crippen molar-refractivity contribution in [3.63, 3.8) is 0 Å².